The van der Waals surface area contributed by atoms with Crippen LogP contribution < -0.4 is 9.64 Å². The van der Waals surface area contributed by atoms with E-state index < -0.39 is 5.97 Å². The number of carbonyl (C=O) groups is 1. The first-order valence-corrected chi connectivity index (χ1v) is 8.97. The van der Waals surface area contributed by atoms with Gasteiger partial charge in [-0.15, -0.1) is 0 Å². The maximum absolute atomic E-state index is 12.1. The predicted molar refractivity (Wildman–Crippen MR) is 103 cm³/mol. The van der Waals surface area contributed by atoms with E-state index in [9.17, 15) is 4.79 Å². The van der Waals surface area contributed by atoms with Gasteiger partial charge >= 0.3 is 5.97 Å². The van der Waals surface area contributed by atoms with Gasteiger partial charge in [0, 0.05) is 19.2 Å². The van der Waals surface area contributed by atoms with Crippen molar-refractivity contribution in [2.24, 2.45) is 0 Å². The van der Waals surface area contributed by atoms with E-state index in [1.54, 1.807) is 0 Å². The number of hydrogen-bond donors (Lipinski definition) is 0. The lowest BCUT2D eigenvalue weighted by atomic mass is 10.0. The van der Waals surface area contributed by atoms with Crippen LogP contribution in [0.5, 0.6) is 5.88 Å². The number of benzene rings is 1. The lowest BCUT2D eigenvalue weighted by Crippen LogP contribution is -2.19. The van der Waals surface area contributed by atoms with Gasteiger partial charge in [0.15, 0.2) is 0 Å². The highest BCUT2D eigenvalue weighted by molar-refractivity contribution is 6.16. The average molecular weight is 368 g/mol. The van der Waals surface area contributed by atoms with Crippen molar-refractivity contribution in [3.05, 3.63) is 59.9 Å². The number of nitrogens with zero attached hydrogens (tertiary/aromatic N) is 2. The van der Waals surface area contributed by atoms with Crippen molar-refractivity contribution in [1.29, 1.82) is 0 Å². The third kappa shape index (κ3) is 4.58. The topological polar surface area (TPSA) is 60.9 Å². The fraction of sp³-hybridized carbons (Fsp3) is 0.333. The molecule has 0 aliphatic carbocycles. The molecule has 0 spiro atoms. The zero-order valence-corrected chi connectivity index (χ0v) is 15.7. The van der Waals surface area contributed by atoms with Crippen LogP contribution in [0.25, 0.3) is 5.57 Å². The fourth-order valence-corrected chi connectivity index (χ4v) is 3.12. The molecule has 1 aliphatic heterocycles. The van der Waals surface area contributed by atoms with Crippen LogP contribution in [0.4, 0.5) is 5.82 Å². The van der Waals surface area contributed by atoms with Gasteiger partial charge in [0.05, 0.1) is 20.5 Å². The first-order chi connectivity index (χ1) is 13.2. The number of methoxy groups -OCH3 is 2. The third-order valence-electron chi connectivity index (χ3n) is 4.46. The Balaban J connectivity index is 1.78. The molecule has 0 atom stereocenters. The summed E-state index contributed by atoms with van der Waals surface area (Å²) in [7, 11) is 2.84. The van der Waals surface area contributed by atoms with Gasteiger partial charge in [0.25, 0.3) is 0 Å². The Morgan fingerprint density at radius 1 is 1.11 bits per heavy atom. The molecule has 142 valence electrons. The molecular formula is C21H24N2O4. The van der Waals surface area contributed by atoms with E-state index in [4.69, 9.17) is 14.2 Å². The number of pyridine rings is 1. The second-order valence-corrected chi connectivity index (χ2v) is 6.23. The molecule has 1 aliphatic rings. The van der Waals surface area contributed by atoms with Gasteiger partial charge in [-0.25, -0.2) is 4.79 Å². The minimum atomic E-state index is -0.460. The van der Waals surface area contributed by atoms with E-state index in [0.717, 1.165) is 24.5 Å². The van der Waals surface area contributed by atoms with Crippen LogP contribution in [0.15, 0.2) is 48.7 Å². The van der Waals surface area contributed by atoms with Crippen LogP contribution >= 0.6 is 0 Å². The zero-order valence-electron chi connectivity index (χ0n) is 15.7. The molecule has 1 saturated heterocycles. The van der Waals surface area contributed by atoms with Crippen LogP contribution in [0, 0.1) is 0 Å². The van der Waals surface area contributed by atoms with E-state index in [2.05, 4.69) is 9.88 Å². The van der Waals surface area contributed by atoms with Gasteiger partial charge in [-0.1, -0.05) is 30.3 Å². The summed E-state index contributed by atoms with van der Waals surface area (Å²) in [4.78, 5) is 19.0. The summed E-state index contributed by atoms with van der Waals surface area (Å²) in [6.07, 6.45) is 3.78. The van der Waals surface area contributed by atoms with Gasteiger partial charge < -0.3 is 19.1 Å². The van der Waals surface area contributed by atoms with Gasteiger partial charge in [-0.05, 0) is 30.0 Å². The summed E-state index contributed by atoms with van der Waals surface area (Å²) in [5.74, 6) is 1.04. The summed E-state index contributed by atoms with van der Waals surface area (Å²) in [6.45, 7) is 2.35. The second kappa shape index (κ2) is 9.07. The molecular weight excluding hydrogens is 344 g/mol. The van der Waals surface area contributed by atoms with Gasteiger partial charge in [0.1, 0.15) is 18.0 Å². The maximum atomic E-state index is 12.1. The molecule has 2 aromatic rings. The van der Waals surface area contributed by atoms with Crippen LogP contribution in [-0.2, 0) is 20.9 Å². The van der Waals surface area contributed by atoms with Crippen molar-refractivity contribution < 1.29 is 19.0 Å². The third-order valence-corrected chi connectivity index (χ3v) is 4.46. The van der Waals surface area contributed by atoms with Gasteiger partial charge in [-0.2, -0.15) is 4.98 Å². The monoisotopic (exact) mass is 368 g/mol. The quantitative estimate of drug-likeness (QED) is 0.424. The molecule has 0 amide bonds. The van der Waals surface area contributed by atoms with Crippen LogP contribution in [-0.4, -0.2) is 38.3 Å². The van der Waals surface area contributed by atoms with E-state index in [-0.39, 0.29) is 6.61 Å². The number of aromatic nitrogens is 1. The molecule has 6 nitrogen and oxygen atoms in total. The van der Waals surface area contributed by atoms with Crippen LogP contribution in [0.3, 0.4) is 0 Å². The van der Waals surface area contributed by atoms with Gasteiger partial charge in [-0.3, -0.25) is 0 Å². The SMILES string of the molecule is COC=C(C(=O)OC)c1ccccc1COc1cccc(N2CCCC2)n1. The lowest BCUT2D eigenvalue weighted by molar-refractivity contribution is -0.133. The number of anilines is 1. The number of esters is 1. The van der Waals surface area contributed by atoms with Crippen LogP contribution in [0.2, 0.25) is 0 Å². The molecule has 2 heterocycles. The molecule has 1 fully saturated rings. The predicted octanol–water partition coefficient (Wildman–Crippen LogP) is 3.42. The summed E-state index contributed by atoms with van der Waals surface area (Å²) in [5, 5.41) is 0. The van der Waals surface area contributed by atoms with Crippen molar-refractivity contribution in [3.8, 4) is 5.88 Å². The van der Waals surface area contributed by atoms with E-state index in [1.807, 2.05) is 42.5 Å². The number of ether oxygens (including phenoxy) is 3. The Kier molecular flexibility index (Phi) is 6.30. The van der Waals surface area contributed by atoms with E-state index >= 15 is 0 Å². The molecule has 27 heavy (non-hydrogen) atoms. The summed E-state index contributed by atoms with van der Waals surface area (Å²) >= 11 is 0. The largest absolute Gasteiger partial charge is 0.503 e. The molecule has 1 aromatic heterocycles. The molecule has 0 radical (unpaired) electrons. The smallest absolute Gasteiger partial charge is 0.341 e. The second-order valence-electron chi connectivity index (χ2n) is 6.23. The first kappa shape index (κ1) is 18.8. The Labute approximate surface area is 159 Å². The Bertz CT molecular complexity index is 813. The minimum absolute atomic E-state index is 0.282. The standard InChI is InChI=1S/C21H24N2O4/c1-25-15-18(21(24)26-2)17-9-4-3-8-16(17)14-27-20-11-7-10-19(22-20)23-12-5-6-13-23/h3-4,7-11,15H,5-6,12-14H2,1-2H3. The number of hydrogen-bond acceptors (Lipinski definition) is 6. The molecule has 3 rings (SSSR count). The van der Waals surface area contributed by atoms with Crippen molar-refractivity contribution in [3.63, 3.8) is 0 Å². The van der Waals surface area contributed by atoms with Crippen molar-refractivity contribution in [1.82, 2.24) is 4.98 Å². The van der Waals surface area contributed by atoms with Crippen molar-refractivity contribution in [2.45, 2.75) is 19.4 Å². The highest BCUT2D eigenvalue weighted by Gasteiger charge is 2.17. The fourth-order valence-electron chi connectivity index (χ4n) is 3.12. The van der Waals surface area contributed by atoms with Crippen molar-refractivity contribution in [2.75, 3.05) is 32.2 Å². The summed E-state index contributed by atoms with van der Waals surface area (Å²) in [5.41, 5.74) is 1.90. The van der Waals surface area contributed by atoms with E-state index in [0.29, 0.717) is 17.0 Å². The molecule has 0 bridgehead atoms. The normalized spacial score (nSPS) is 14.1. The van der Waals surface area contributed by atoms with Crippen LogP contribution in [0.1, 0.15) is 24.0 Å². The molecule has 0 N–H and O–H groups in total. The summed E-state index contributed by atoms with van der Waals surface area (Å²) < 4.78 is 15.8. The average Bonchev–Trinajstić information content (AvgIpc) is 3.25. The molecule has 0 unspecified atom stereocenters. The van der Waals surface area contributed by atoms with E-state index in [1.165, 1.54) is 33.3 Å². The number of rotatable bonds is 7. The Morgan fingerprint density at radius 2 is 1.89 bits per heavy atom. The molecule has 6 heteroatoms. The highest BCUT2D eigenvalue weighted by Crippen LogP contribution is 2.24. The zero-order chi connectivity index (χ0) is 19.1. The minimum Gasteiger partial charge on any atom is -0.503 e. The first-order valence-electron chi connectivity index (χ1n) is 8.97. The molecule has 1 aromatic carbocycles. The maximum Gasteiger partial charge on any atom is 0.341 e. The molecule has 0 saturated carbocycles. The van der Waals surface area contributed by atoms with Gasteiger partial charge in [0.2, 0.25) is 5.88 Å². The highest BCUT2D eigenvalue weighted by atomic mass is 16.5. The summed E-state index contributed by atoms with van der Waals surface area (Å²) in [6, 6.07) is 13.3. The van der Waals surface area contributed by atoms with Crippen molar-refractivity contribution >= 4 is 17.4 Å². The Morgan fingerprint density at radius 3 is 2.63 bits per heavy atom. The number of carbonyl (C=O) groups excluding carboxylic acids is 1. The Hall–Kier alpha value is -3.02. The lowest BCUT2D eigenvalue weighted by Gasteiger charge is -2.17.